The third-order valence-electron chi connectivity index (χ3n) is 7.44. The van der Waals surface area contributed by atoms with E-state index in [0.29, 0.717) is 55.6 Å². The molecule has 7 nitrogen and oxygen atoms in total. The predicted molar refractivity (Wildman–Crippen MR) is 147 cm³/mol. The zero-order chi connectivity index (χ0) is 29.4. The van der Waals surface area contributed by atoms with Crippen molar-refractivity contribution < 1.29 is 31.8 Å². The molecule has 2 aliphatic rings. The van der Waals surface area contributed by atoms with Crippen LogP contribution in [0.2, 0.25) is 0 Å². The molecular weight excluding hydrogens is 552 g/mol. The lowest BCUT2D eigenvalue weighted by Gasteiger charge is -2.40. The van der Waals surface area contributed by atoms with Crippen molar-refractivity contribution in [3.8, 4) is 22.9 Å². The molecule has 2 aromatic carbocycles. The van der Waals surface area contributed by atoms with Crippen molar-refractivity contribution >= 4 is 11.6 Å². The Hall–Kier alpha value is -4.67. The molecule has 0 radical (unpaired) electrons. The van der Waals surface area contributed by atoms with Gasteiger partial charge in [-0.25, -0.2) is 4.39 Å². The molecule has 0 N–H and O–H groups in total. The highest BCUT2D eigenvalue weighted by Gasteiger charge is 2.34. The number of hydrogen-bond acceptors (Lipinski definition) is 6. The van der Waals surface area contributed by atoms with Crippen LogP contribution in [-0.2, 0) is 19.1 Å². The van der Waals surface area contributed by atoms with Crippen molar-refractivity contribution in [2.45, 2.75) is 25.2 Å². The van der Waals surface area contributed by atoms with E-state index in [-0.39, 0.29) is 11.7 Å². The molecule has 0 spiro atoms. The van der Waals surface area contributed by atoms with Crippen LogP contribution in [-0.4, -0.2) is 53.6 Å². The summed E-state index contributed by atoms with van der Waals surface area (Å²) in [6, 6.07) is 15.3. The lowest BCUT2D eigenvalue weighted by molar-refractivity contribution is -0.137. The molecule has 0 saturated carbocycles. The van der Waals surface area contributed by atoms with Crippen LogP contribution in [0.1, 0.15) is 27.0 Å². The predicted octanol–water partition coefficient (Wildman–Crippen LogP) is 5.78. The number of methoxy groups -OCH3 is 1. The second kappa shape index (κ2) is 11.0. The number of pyridine rings is 2. The molecule has 6 rings (SSSR count). The number of benzene rings is 2. The van der Waals surface area contributed by atoms with Crippen molar-refractivity contribution in [3.63, 3.8) is 0 Å². The van der Waals surface area contributed by atoms with Crippen LogP contribution in [0, 0.1) is 5.82 Å². The second-order valence-electron chi connectivity index (χ2n) is 10.2. The van der Waals surface area contributed by atoms with Crippen molar-refractivity contribution in [1.29, 1.82) is 0 Å². The molecule has 0 aliphatic carbocycles. The Labute approximate surface area is 239 Å². The number of halogens is 4. The number of alkyl halides is 3. The maximum Gasteiger partial charge on any atom is 0.416 e. The maximum absolute atomic E-state index is 13.7. The van der Waals surface area contributed by atoms with Crippen LogP contribution in [0.25, 0.3) is 11.4 Å². The Kier molecular flexibility index (Phi) is 7.17. The number of anilines is 1. The summed E-state index contributed by atoms with van der Waals surface area (Å²) in [7, 11) is 1.61. The summed E-state index contributed by atoms with van der Waals surface area (Å²) >= 11 is 0. The van der Waals surface area contributed by atoms with E-state index in [0.717, 1.165) is 34.7 Å². The topological polar surface area (TPSA) is 67.8 Å². The Morgan fingerprint density at radius 3 is 2.45 bits per heavy atom. The van der Waals surface area contributed by atoms with Crippen LogP contribution in [0.3, 0.4) is 0 Å². The molecule has 0 atom stereocenters. The molecule has 0 unspecified atom stereocenters. The standard InChI is InChI=1S/C31H26F4N4O3/c1-41-23-4-2-19(3-5-23)16-38-11-8-26-27(30(38)40)7-10-37-29(26)28-15-22(6-9-36-28)39-17-25(18-39)42-24-13-20(31(33,34)35)12-21(32)14-24/h2-7,9-10,12-15,25H,8,11,16-18H2,1H3. The number of aromatic nitrogens is 2. The van der Waals surface area contributed by atoms with Gasteiger partial charge >= 0.3 is 6.18 Å². The molecule has 2 aromatic heterocycles. The van der Waals surface area contributed by atoms with E-state index in [9.17, 15) is 22.4 Å². The van der Waals surface area contributed by atoms with Gasteiger partial charge in [0.15, 0.2) is 0 Å². The van der Waals surface area contributed by atoms with Crippen molar-refractivity contribution in [2.24, 2.45) is 0 Å². The monoisotopic (exact) mass is 578 g/mol. The number of carbonyl (C=O) groups excluding carboxylic acids is 1. The summed E-state index contributed by atoms with van der Waals surface area (Å²) in [6.45, 7) is 1.83. The smallest absolute Gasteiger partial charge is 0.416 e. The Bertz CT molecular complexity index is 1620. The summed E-state index contributed by atoms with van der Waals surface area (Å²) in [5.74, 6) is -0.475. The summed E-state index contributed by atoms with van der Waals surface area (Å²) in [6.07, 6.45) is -1.17. The highest BCUT2D eigenvalue weighted by molar-refractivity contribution is 5.98. The van der Waals surface area contributed by atoms with Gasteiger partial charge in [0, 0.05) is 42.8 Å². The van der Waals surface area contributed by atoms with E-state index in [1.165, 1.54) is 0 Å². The summed E-state index contributed by atoms with van der Waals surface area (Å²) in [5.41, 5.74) is 3.44. The van der Waals surface area contributed by atoms with Gasteiger partial charge < -0.3 is 19.3 Å². The highest BCUT2D eigenvalue weighted by Crippen LogP contribution is 2.34. The van der Waals surface area contributed by atoms with Crippen molar-refractivity contribution in [3.05, 3.63) is 101 Å². The molecule has 4 heterocycles. The fraction of sp³-hybridized carbons (Fsp3) is 0.258. The zero-order valence-electron chi connectivity index (χ0n) is 22.6. The van der Waals surface area contributed by atoms with E-state index in [4.69, 9.17) is 9.47 Å². The second-order valence-corrected chi connectivity index (χ2v) is 10.2. The molecule has 0 bridgehead atoms. The van der Waals surface area contributed by atoms with Crippen LogP contribution >= 0.6 is 0 Å². The lowest BCUT2D eigenvalue weighted by Crippen LogP contribution is -2.54. The minimum Gasteiger partial charge on any atom is -0.497 e. The molecule has 216 valence electrons. The van der Waals surface area contributed by atoms with Gasteiger partial charge in [-0.3, -0.25) is 14.8 Å². The van der Waals surface area contributed by atoms with E-state index in [2.05, 4.69) is 9.97 Å². The van der Waals surface area contributed by atoms with Gasteiger partial charge in [0.25, 0.3) is 5.91 Å². The lowest BCUT2D eigenvalue weighted by atomic mass is 9.95. The van der Waals surface area contributed by atoms with Gasteiger partial charge in [0.05, 0.1) is 37.2 Å². The number of nitrogens with zero attached hydrogens (tertiary/aromatic N) is 4. The number of fused-ring (bicyclic) bond motifs is 1. The highest BCUT2D eigenvalue weighted by atomic mass is 19.4. The summed E-state index contributed by atoms with van der Waals surface area (Å²) < 4.78 is 63.7. The Morgan fingerprint density at radius 2 is 1.71 bits per heavy atom. The third kappa shape index (κ3) is 5.59. The molecule has 11 heteroatoms. The van der Waals surface area contributed by atoms with Crippen molar-refractivity contribution in [2.75, 3.05) is 31.6 Å². The third-order valence-corrected chi connectivity index (χ3v) is 7.44. The first-order valence-electron chi connectivity index (χ1n) is 13.3. The van der Waals surface area contributed by atoms with Crippen molar-refractivity contribution in [1.82, 2.24) is 14.9 Å². The SMILES string of the molecule is COc1ccc(CN2CCc3c(ccnc3-c3cc(N4CC(Oc5cc(F)cc(C(F)(F)F)c5)C4)ccn3)C2=O)cc1. The minimum atomic E-state index is -4.66. The maximum atomic E-state index is 13.7. The van der Waals surface area contributed by atoms with E-state index in [1.54, 1.807) is 25.6 Å². The first-order valence-corrected chi connectivity index (χ1v) is 13.3. The average molecular weight is 579 g/mol. The molecule has 4 aromatic rings. The quantitative estimate of drug-likeness (QED) is 0.259. The largest absolute Gasteiger partial charge is 0.497 e. The average Bonchev–Trinajstić information content (AvgIpc) is 2.96. The van der Waals surface area contributed by atoms with E-state index in [1.807, 2.05) is 46.2 Å². The number of carbonyl (C=O) groups is 1. The minimum absolute atomic E-state index is 0.0689. The first kappa shape index (κ1) is 27.5. The van der Waals surface area contributed by atoms with Crippen LogP contribution in [0.15, 0.2) is 73.1 Å². The molecule has 42 heavy (non-hydrogen) atoms. The molecule has 1 saturated heterocycles. The fourth-order valence-corrected chi connectivity index (χ4v) is 5.24. The number of rotatable bonds is 7. The number of ether oxygens (including phenoxy) is 2. The van der Waals surface area contributed by atoms with Gasteiger partial charge in [-0.15, -0.1) is 0 Å². The van der Waals surface area contributed by atoms with Gasteiger partial charge in [0.1, 0.15) is 23.4 Å². The van der Waals surface area contributed by atoms with Crippen LogP contribution in [0.4, 0.5) is 23.2 Å². The Balaban J connectivity index is 1.14. The van der Waals surface area contributed by atoms with Gasteiger partial charge in [-0.05, 0) is 60.0 Å². The number of amides is 1. The van der Waals surface area contributed by atoms with Gasteiger partial charge in [-0.2, -0.15) is 13.2 Å². The molecule has 1 fully saturated rings. The summed E-state index contributed by atoms with van der Waals surface area (Å²) in [5, 5.41) is 0. The normalized spacial score (nSPS) is 15.3. The fourth-order valence-electron chi connectivity index (χ4n) is 5.24. The molecule has 2 aliphatic heterocycles. The van der Waals surface area contributed by atoms with Crippen LogP contribution in [0.5, 0.6) is 11.5 Å². The molecular formula is C31H26F4N4O3. The van der Waals surface area contributed by atoms with E-state index >= 15 is 0 Å². The van der Waals surface area contributed by atoms with Gasteiger partial charge in [0.2, 0.25) is 0 Å². The zero-order valence-corrected chi connectivity index (χ0v) is 22.6. The molecule has 1 amide bonds. The summed E-state index contributed by atoms with van der Waals surface area (Å²) in [4.78, 5) is 26.3. The van der Waals surface area contributed by atoms with Crippen LogP contribution < -0.4 is 14.4 Å². The van der Waals surface area contributed by atoms with E-state index < -0.39 is 23.7 Å². The number of hydrogen-bond donors (Lipinski definition) is 0. The first-order chi connectivity index (χ1) is 20.2. The van der Waals surface area contributed by atoms with Gasteiger partial charge in [-0.1, -0.05) is 12.1 Å². The Morgan fingerprint density at radius 1 is 0.952 bits per heavy atom.